The molecule has 0 nitrogen and oxygen atoms in total. The zero-order valence-corrected chi connectivity index (χ0v) is 24.2. The van der Waals surface area contributed by atoms with Gasteiger partial charge in [-0.15, -0.1) is 11.3 Å². The summed E-state index contributed by atoms with van der Waals surface area (Å²) in [5.74, 6) is 0. The van der Waals surface area contributed by atoms with E-state index in [1.54, 1.807) is 0 Å². The quantitative estimate of drug-likeness (QED) is 0.188. The second-order valence-corrected chi connectivity index (χ2v) is 12.3. The molecule has 9 rings (SSSR count). The summed E-state index contributed by atoms with van der Waals surface area (Å²) in [6.07, 6.45) is 0. The number of fused-ring (bicyclic) bond motifs is 6. The Hall–Kier alpha value is -5.24. The van der Waals surface area contributed by atoms with Gasteiger partial charge in [-0.3, -0.25) is 0 Å². The first-order valence-corrected chi connectivity index (χ1v) is 15.6. The highest BCUT2D eigenvalue weighted by atomic mass is 32.1. The Morgan fingerprint density at radius 1 is 0.326 bits per heavy atom. The largest absolute Gasteiger partial charge is 0.135 e. The minimum Gasteiger partial charge on any atom is -0.135 e. The van der Waals surface area contributed by atoms with E-state index in [4.69, 9.17) is 0 Å². The number of rotatable bonds is 3. The van der Waals surface area contributed by atoms with Gasteiger partial charge in [0.2, 0.25) is 0 Å². The Labute approximate surface area is 254 Å². The summed E-state index contributed by atoms with van der Waals surface area (Å²) < 4.78 is 2.68. The summed E-state index contributed by atoms with van der Waals surface area (Å²) in [5.41, 5.74) is 7.63. The van der Waals surface area contributed by atoms with Gasteiger partial charge in [0.1, 0.15) is 0 Å². The average Bonchev–Trinajstić information content (AvgIpc) is 3.46. The maximum atomic E-state index is 2.34. The lowest BCUT2D eigenvalue weighted by Gasteiger charge is -2.18. The van der Waals surface area contributed by atoms with Gasteiger partial charge in [0.15, 0.2) is 0 Å². The van der Waals surface area contributed by atoms with Crippen molar-refractivity contribution in [3.8, 4) is 33.4 Å². The molecule has 0 bridgehead atoms. The number of benzene rings is 8. The Morgan fingerprint density at radius 2 is 0.837 bits per heavy atom. The normalized spacial score (nSPS) is 11.7. The van der Waals surface area contributed by atoms with Crippen molar-refractivity contribution in [2.45, 2.75) is 0 Å². The summed E-state index contributed by atoms with van der Waals surface area (Å²) in [6.45, 7) is 0. The van der Waals surface area contributed by atoms with Crippen molar-refractivity contribution >= 4 is 63.8 Å². The molecule has 0 saturated carbocycles. The Balaban J connectivity index is 1.26. The van der Waals surface area contributed by atoms with E-state index in [1.165, 1.54) is 85.9 Å². The van der Waals surface area contributed by atoms with E-state index >= 15 is 0 Å². The molecule has 1 heteroatoms. The lowest BCUT2D eigenvalue weighted by molar-refractivity contribution is 1.64. The molecule has 0 N–H and O–H groups in total. The van der Waals surface area contributed by atoms with Gasteiger partial charge in [-0.1, -0.05) is 140 Å². The molecule has 0 unspecified atom stereocenters. The molecule has 8 aromatic carbocycles. The van der Waals surface area contributed by atoms with E-state index in [-0.39, 0.29) is 0 Å². The average molecular weight is 563 g/mol. The maximum absolute atomic E-state index is 2.34. The van der Waals surface area contributed by atoms with Crippen molar-refractivity contribution in [2.24, 2.45) is 0 Å². The van der Waals surface area contributed by atoms with Crippen LogP contribution in [0.1, 0.15) is 0 Å². The van der Waals surface area contributed by atoms with Crippen LogP contribution in [0.2, 0.25) is 0 Å². The molecule has 1 heterocycles. The highest BCUT2D eigenvalue weighted by Gasteiger charge is 2.17. The molecule has 0 aliphatic heterocycles. The maximum Gasteiger partial charge on any atom is 0.0361 e. The van der Waals surface area contributed by atoms with Crippen LogP contribution in [-0.4, -0.2) is 0 Å². The lowest BCUT2D eigenvalue weighted by atomic mass is 9.85. The predicted molar refractivity (Wildman–Crippen MR) is 188 cm³/mol. The second kappa shape index (κ2) is 9.66. The molecule has 0 aliphatic carbocycles. The molecule has 0 atom stereocenters. The van der Waals surface area contributed by atoms with Gasteiger partial charge in [-0.05, 0) is 83.9 Å². The lowest BCUT2D eigenvalue weighted by Crippen LogP contribution is -1.91. The van der Waals surface area contributed by atoms with Crippen LogP contribution in [0.3, 0.4) is 0 Å². The molecule has 0 aliphatic rings. The van der Waals surface area contributed by atoms with Crippen LogP contribution in [0.25, 0.3) is 85.9 Å². The van der Waals surface area contributed by atoms with Crippen molar-refractivity contribution in [3.63, 3.8) is 0 Å². The molecular weight excluding hydrogens is 537 g/mol. The summed E-state index contributed by atoms with van der Waals surface area (Å²) in [4.78, 5) is 0. The fraction of sp³-hybridized carbons (Fsp3) is 0. The van der Waals surface area contributed by atoms with Crippen LogP contribution in [0, 0.1) is 0 Å². The van der Waals surface area contributed by atoms with Gasteiger partial charge in [0.25, 0.3) is 0 Å². The van der Waals surface area contributed by atoms with E-state index < -0.39 is 0 Å². The first-order chi connectivity index (χ1) is 21.3. The van der Waals surface area contributed by atoms with Crippen molar-refractivity contribution in [1.29, 1.82) is 0 Å². The van der Waals surface area contributed by atoms with E-state index in [2.05, 4.69) is 158 Å². The summed E-state index contributed by atoms with van der Waals surface area (Å²) >= 11 is 1.87. The van der Waals surface area contributed by atoms with E-state index in [1.807, 2.05) is 11.3 Å². The van der Waals surface area contributed by atoms with Gasteiger partial charge in [-0.2, -0.15) is 0 Å². The standard InChI is InChI=1S/C42H26S/c1-2-11-30-26-31(25-20-27(30)10-1)41-35-14-5-3-12-33(35)40(34-13-4-6-15-36(34)41)29-23-21-28(22-24-29)32-17-9-19-39-42(32)37-16-7-8-18-38(37)43-39/h1-26H. The smallest absolute Gasteiger partial charge is 0.0361 e. The molecular formula is C42H26S. The minimum absolute atomic E-state index is 1.24. The third-order valence-corrected chi connectivity index (χ3v) is 9.99. The number of hydrogen-bond acceptors (Lipinski definition) is 1. The highest BCUT2D eigenvalue weighted by Crippen LogP contribution is 2.45. The molecule has 200 valence electrons. The highest BCUT2D eigenvalue weighted by molar-refractivity contribution is 7.25. The summed E-state index contributed by atoms with van der Waals surface area (Å²) in [6, 6.07) is 58.0. The van der Waals surface area contributed by atoms with Crippen molar-refractivity contribution in [1.82, 2.24) is 0 Å². The first kappa shape index (κ1) is 24.4. The van der Waals surface area contributed by atoms with Crippen molar-refractivity contribution < 1.29 is 0 Å². The van der Waals surface area contributed by atoms with Gasteiger partial charge in [0.05, 0.1) is 0 Å². The van der Waals surface area contributed by atoms with Crippen LogP contribution in [0.15, 0.2) is 158 Å². The molecule has 9 aromatic rings. The predicted octanol–water partition coefficient (Wildman–Crippen LogP) is 12.5. The fourth-order valence-corrected chi connectivity index (χ4v) is 8.06. The van der Waals surface area contributed by atoms with Gasteiger partial charge in [0, 0.05) is 20.2 Å². The number of thiophene rings is 1. The minimum atomic E-state index is 1.24. The third kappa shape index (κ3) is 3.82. The third-order valence-electron chi connectivity index (χ3n) is 8.86. The Kier molecular flexibility index (Phi) is 5.47. The molecule has 0 radical (unpaired) electrons. The first-order valence-electron chi connectivity index (χ1n) is 14.8. The zero-order chi connectivity index (χ0) is 28.3. The van der Waals surface area contributed by atoms with Crippen molar-refractivity contribution in [2.75, 3.05) is 0 Å². The summed E-state index contributed by atoms with van der Waals surface area (Å²) in [5, 5.41) is 10.3. The molecule has 0 amide bonds. The van der Waals surface area contributed by atoms with E-state index in [0.29, 0.717) is 0 Å². The van der Waals surface area contributed by atoms with Crippen LogP contribution >= 0.6 is 11.3 Å². The van der Waals surface area contributed by atoms with Crippen LogP contribution in [-0.2, 0) is 0 Å². The second-order valence-electron chi connectivity index (χ2n) is 11.3. The number of hydrogen-bond donors (Lipinski definition) is 0. The molecule has 0 spiro atoms. The fourth-order valence-electron chi connectivity index (χ4n) is 6.93. The molecule has 43 heavy (non-hydrogen) atoms. The summed E-state index contributed by atoms with van der Waals surface area (Å²) in [7, 11) is 0. The van der Waals surface area contributed by atoms with Crippen LogP contribution in [0.5, 0.6) is 0 Å². The van der Waals surface area contributed by atoms with E-state index in [0.717, 1.165) is 0 Å². The van der Waals surface area contributed by atoms with Crippen molar-refractivity contribution in [3.05, 3.63) is 158 Å². The Morgan fingerprint density at radius 3 is 1.53 bits per heavy atom. The van der Waals surface area contributed by atoms with E-state index in [9.17, 15) is 0 Å². The Bertz CT molecular complexity index is 2440. The van der Waals surface area contributed by atoms with Crippen LogP contribution in [0.4, 0.5) is 0 Å². The van der Waals surface area contributed by atoms with Gasteiger partial charge in [-0.25, -0.2) is 0 Å². The molecule has 1 aromatic heterocycles. The monoisotopic (exact) mass is 562 g/mol. The zero-order valence-electron chi connectivity index (χ0n) is 23.4. The van der Waals surface area contributed by atoms with Crippen LogP contribution < -0.4 is 0 Å². The molecule has 0 saturated heterocycles. The molecule has 0 fully saturated rings. The SMILES string of the molecule is c1ccc2cc(-c3c4ccccc4c(-c4ccc(-c5cccc6sc7ccccc7c56)cc4)c4ccccc34)ccc2c1. The van der Waals surface area contributed by atoms with Gasteiger partial charge >= 0.3 is 0 Å². The van der Waals surface area contributed by atoms with Gasteiger partial charge < -0.3 is 0 Å². The topological polar surface area (TPSA) is 0 Å².